The molecule has 1 amide bonds. The van der Waals surface area contributed by atoms with E-state index in [1.54, 1.807) is 17.2 Å². The van der Waals surface area contributed by atoms with Crippen molar-refractivity contribution < 1.29 is 14.3 Å². The first-order valence-electron chi connectivity index (χ1n) is 5.67. The summed E-state index contributed by atoms with van der Waals surface area (Å²) in [5.74, 6) is 0.0789. The standard InChI is InChI=1S/C12H12Br2N2O3/c1-19-12(18)9-3-8(14)5-15-11(9)16-6-7(4-13)2-10(16)17/h3,5,7H,2,4,6H2,1H3. The average Bonchev–Trinajstić information content (AvgIpc) is 2.79. The molecule has 19 heavy (non-hydrogen) atoms. The van der Waals surface area contributed by atoms with E-state index in [-0.39, 0.29) is 11.8 Å². The summed E-state index contributed by atoms with van der Waals surface area (Å²) in [6, 6.07) is 1.61. The molecule has 7 heteroatoms. The fourth-order valence-electron chi connectivity index (χ4n) is 2.00. The number of pyridine rings is 1. The molecule has 1 unspecified atom stereocenters. The van der Waals surface area contributed by atoms with Crippen LogP contribution in [0.4, 0.5) is 5.82 Å². The zero-order chi connectivity index (χ0) is 14.0. The van der Waals surface area contributed by atoms with E-state index in [0.29, 0.717) is 28.8 Å². The molecular formula is C12H12Br2N2O3. The van der Waals surface area contributed by atoms with Crippen LogP contribution in [0.15, 0.2) is 16.7 Å². The van der Waals surface area contributed by atoms with Crippen LogP contribution in [-0.4, -0.2) is 35.8 Å². The van der Waals surface area contributed by atoms with Crippen molar-refractivity contribution in [2.45, 2.75) is 6.42 Å². The molecule has 0 spiro atoms. The number of hydrogen-bond donors (Lipinski definition) is 0. The number of amides is 1. The number of nitrogens with zero attached hydrogens (tertiary/aromatic N) is 2. The largest absolute Gasteiger partial charge is 0.465 e. The number of anilines is 1. The highest BCUT2D eigenvalue weighted by Crippen LogP contribution is 2.29. The van der Waals surface area contributed by atoms with E-state index in [1.165, 1.54) is 7.11 Å². The lowest BCUT2D eigenvalue weighted by molar-refractivity contribution is -0.117. The predicted octanol–water partition coefficient (Wildman–Crippen LogP) is 2.38. The highest BCUT2D eigenvalue weighted by atomic mass is 79.9. The number of rotatable bonds is 3. The van der Waals surface area contributed by atoms with Gasteiger partial charge in [0.2, 0.25) is 5.91 Å². The summed E-state index contributed by atoms with van der Waals surface area (Å²) < 4.78 is 5.40. The molecule has 1 saturated heterocycles. The van der Waals surface area contributed by atoms with Crippen LogP contribution in [0.2, 0.25) is 0 Å². The van der Waals surface area contributed by atoms with Crippen LogP contribution >= 0.6 is 31.9 Å². The zero-order valence-corrected chi connectivity index (χ0v) is 13.4. The van der Waals surface area contributed by atoms with Gasteiger partial charge < -0.3 is 4.74 Å². The van der Waals surface area contributed by atoms with Gasteiger partial charge in [0.05, 0.1) is 7.11 Å². The van der Waals surface area contributed by atoms with Crippen LogP contribution in [0, 0.1) is 5.92 Å². The number of aromatic nitrogens is 1. The lowest BCUT2D eigenvalue weighted by Crippen LogP contribution is -2.28. The first-order valence-corrected chi connectivity index (χ1v) is 7.58. The minimum Gasteiger partial charge on any atom is -0.465 e. The van der Waals surface area contributed by atoms with Crippen LogP contribution in [-0.2, 0) is 9.53 Å². The maximum Gasteiger partial charge on any atom is 0.341 e. The molecule has 5 nitrogen and oxygen atoms in total. The number of carbonyl (C=O) groups is 2. The second kappa shape index (κ2) is 6.00. The number of alkyl halides is 1. The van der Waals surface area contributed by atoms with E-state index in [0.717, 1.165) is 5.33 Å². The van der Waals surface area contributed by atoms with Gasteiger partial charge in [-0.1, -0.05) is 15.9 Å². The van der Waals surface area contributed by atoms with Gasteiger partial charge in [-0.2, -0.15) is 0 Å². The molecule has 0 radical (unpaired) electrons. The third-order valence-corrected chi connectivity index (χ3v) is 4.27. The Labute approximate surface area is 127 Å². The number of hydrogen-bond acceptors (Lipinski definition) is 4. The topological polar surface area (TPSA) is 59.5 Å². The molecule has 0 N–H and O–H groups in total. The molecule has 0 saturated carbocycles. The molecule has 0 aromatic carbocycles. The van der Waals surface area contributed by atoms with Crippen molar-refractivity contribution in [3.05, 3.63) is 22.3 Å². The summed E-state index contributed by atoms with van der Waals surface area (Å²) in [6.07, 6.45) is 2.03. The van der Waals surface area contributed by atoms with Crippen LogP contribution in [0.25, 0.3) is 0 Å². The third-order valence-electron chi connectivity index (χ3n) is 2.92. The molecule has 1 fully saturated rings. The van der Waals surface area contributed by atoms with Gasteiger partial charge in [-0.3, -0.25) is 9.69 Å². The molecule has 1 aromatic heterocycles. The SMILES string of the molecule is COC(=O)c1cc(Br)cnc1N1CC(CBr)CC1=O. The maximum atomic E-state index is 12.0. The van der Waals surface area contributed by atoms with Crippen molar-refractivity contribution in [3.63, 3.8) is 0 Å². The van der Waals surface area contributed by atoms with E-state index < -0.39 is 5.97 Å². The second-order valence-corrected chi connectivity index (χ2v) is 5.81. The Morgan fingerprint density at radius 2 is 2.37 bits per heavy atom. The lowest BCUT2D eigenvalue weighted by atomic mass is 10.2. The molecule has 102 valence electrons. The van der Waals surface area contributed by atoms with Gasteiger partial charge >= 0.3 is 5.97 Å². The molecule has 0 aliphatic carbocycles. The normalized spacial score (nSPS) is 18.8. The van der Waals surface area contributed by atoms with Gasteiger partial charge in [0, 0.05) is 29.0 Å². The van der Waals surface area contributed by atoms with Crippen molar-refractivity contribution in [1.29, 1.82) is 0 Å². The van der Waals surface area contributed by atoms with Crippen molar-refractivity contribution in [3.8, 4) is 0 Å². The Morgan fingerprint density at radius 1 is 1.63 bits per heavy atom. The molecule has 2 heterocycles. The fourth-order valence-corrected chi connectivity index (χ4v) is 2.76. The lowest BCUT2D eigenvalue weighted by Gasteiger charge is -2.18. The van der Waals surface area contributed by atoms with Crippen LogP contribution in [0.5, 0.6) is 0 Å². The monoisotopic (exact) mass is 390 g/mol. The van der Waals surface area contributed by atoms with E-state index in [2.05, 4.69) is 36.8 Å². The summed E-state index contributed by atoms with van der Waals surface area (Å²) in [5, 5.41) is 0.749. The summed E-state index contributed by atoms with van der Waals surface area (Å²) in [5.41, 5.74) is 0.292. The third kappa shape index (κ3) is 2.97. The Bertz CT molecular complexity index is 522. The minimum absolute atomic E-state index is 0.0237. The minimum atomic E-state index is -0.501. The van der Waals surface area contributed by atoms with E-state index >= 15 is 0 Å². The number of halogens is 2. The van der Waals surface area contributed by atoms with Gasteiger partial charge in [0.1, 0.15) is 11.4 Å². The molecule has 1 atom stereocenters. The van der Waals surface area contributed by atoms with Gasteiger partial charge in [-0.25, -0.2) is 9.78 Å². The second-order valence-electron chi connectivity index (χ2n) is 4.25. The number of ether oxygens (including phenoxy) is 1. The summed E-state index contributed by atoms with van der Waals surface area (Å²) in [7, 11) is 1.31. The summed E-state index contributed by atoms with van der Waals surface area (Å²) >= 11 is 6.64. The Hall–Kier alpha value is -0.950. The number of methoxy groups -OCH3 is 1. The highest BCUT2D eigenvalue weighted by Gasteiger charge is 2.33. The first kappa shape index (κ1) is 14.5. The molecule has 2 rings (SSSR count). The molecule has 1 aromatic rings. The predicted molar refractivity (Wildman–Crippen MR) is 77.5 cm³/mol. The van der Waals surface area contributed by atoms with Crippen LogP contribution < -0.4 is 4.90 Å². The Balaban J connectivity index is 2.39. The fraction of sp³-hybridized carbons (Fsp3) is 0.417. The Morgan fingerprint density at radius 3 is 2.95 bits per heavy atom. The van der Waals surface area contributed by atoms with Gasteiger partial charge in [0.25, 0.3) is 0 Å². The molecule has 0 bridgehead atoms. The zero-order valence-electron chi connectivity index (χ0n) is 10.2. The molecular weight excluding hydrogens is 380 g/mol. The van der Waals surface area contributed by atoms with Crippen molar-refractivity contribution in [1.82, 2.24) is 4.98 Å². The van der Waals surface area contributed by atoms with E-state index in [9.17, 15) is 9.59 Å². The van der Waals surface area contributed by atoms with Crippen LogP contribution in [0.1, 0.15) is 16.8 Å². The number of carbonyl (C=O) groups excluding carboxylic acids is 2. The Kier molecular flexibility index (Phi) is 4.57. The van der Waals surface area contributed by atoms with Gasteiger partial charge in [-0.05, 0) is 27.9 Å². The van der Waals surface area contributed by atoms with Gasteiger partial charge in [0.15, 0.2) is 0 Å². The maximum absolute atomic E-state index is 12.0. The summed E-state index contributed by atoms with van der Waals surface area (Å²) in [4.78, 5) is 29.5. The van der Waals surface area contributed by atoms with E-state index in [1.807, 2.05) is 0 Å². The van der Waals surface area contributed by atoms with Crippen molar-refractivity contribution in [2.24, 2.45) is 5.92 Å². The van der Waals surface area contributed by atoms with Crippen molar-refractivity contribution >= 4 is 49.6 Å². The number of esters is 1. The van der Waals surface area contributed by atoms with Crippen LogP contribution in [0.3, 0.4) is 0 Å². The van der Waals surface area contributed by atoms with Gasteiger partial charge in [-0.15, -0.1) is 0 Å². The van der Waals surface area contributed by atoms with E-state index in [4.69, 9.17) is 4.74 Å². The molecule has 1 aliphatic rings. The van der Waals surface area contributed by atoms with Crippen molar-refractivity contribution in [2.75, 3.05) is 23.9 Å². The highest BCUT2D eigenvalue weighted by molar-refractivity contribution is 9.10. The average molecular weight is 392 g/mol. The first-order chi connectivity index (χ1) is 9.06. The quantitative estimate of drug-likeness (QED) is 0.586. The summed E-state index contributed by atoms with van der Waals surface area (Å²) in [6.45, 7) is 0.558. The molecule has 1 aliphatic heterocycles. The smallest absolute Gasteiger partial charge is 0.341 e.